The summed E-state index contributed by atoms with van der Waals surface area (Å²) >= 11 is 0. The van der Waals surface area contributed by atoms with Crippen LogP contribution >= 0.6 is 0 Å². The molecule has 1 unspecified atom stereocenters. The van der Waals surface area contributed by atoms with E-state index in [-0.39, 0.29) is 31.6 Å². The van der Waals surface area contributed by atoms with Gasteiger partial charge in [0.1, 0.15) is 0 Å². The molecule has 2 aromatic rings. The van der Waals surface area contributed by atoms with Crippen molar-refractivity contribution in [1.82, 2.24) is 0 Å². The van der Waals surface area contributed by atoms with Crippen molar-refractivity contribution in [1.29, 1.82) is 0 Å². The molecule has 0 heterocycles. The van der Waals surface area contributed by atoms with E-state index in [9.17, 15) is 0 Å². The molecule has 0 bridgehead atoms. The Kier molecular flexibility index (Phi) is 7.03. The van der Waals surface area contributed by atoms with Crippen LogP contribution in [0.25, 0.3) is 11.1 Å². The van der Waals surface area contributed by atoms with E-state index in [1.54, 1.807) is 0 Å². The first kappa shape index (κ1) is 21.1. The Balaban J connectivity index is 0.000000570. The zero-order valence-corrected chi connectivity index (χ0v) is 19.0. The zero-order valence-electron chi connectivity index (χ0n) is 16.6. The van der Waals surface area contributed by atoms with Crippen molar-refractivity contribution in [2.24, 2.45) is 5.41 Å². The van der Waals surface area contributed by atoms with E-state index in [1.807, 2.05) is 20.3 Å². The first-order valence-corrected chi connectivity index (χ1v) is 9.22. The molecule has 2 aromatic carbocycles. The maximum atomic E-state index is 3.69. The van der Waals surface area contributed by atoms with Crippen LogP contribution < -0.4 is 0 Å². The minimum absolute atomic E-state index is 0. The fourth-order valence-corrected chi connectivity index (χ4v) is 3.48. The normalized spacial score (nSPS) is 16.8. The monoisotopic (exact) mass is 418 g/mol. The van der Waals surface area contributed by atoms with Gasteiger partial charge in [0.2, 0.25) is 0 Å². The van der Waals surface area contributed by atoms with Gasteiger partial charge in [-0.3, -0.25) is 0 Å². The van der Waals surface area contributed by atoms with E-state index < -0.39 is 0 Å². The average Bonchev–Trinajstić information content (AvgIpc) is 3.19. The van der Waals surface area contributed by atoms with Crippen LogP contribution in [0.4, 0.5) is 0 Å². The standard InChI is InChI=1S/C22H21.C3H7.Zr/c1-22(2,3)19-10-8-16(14-19)15-9-11-21-18(12-15)13-17-6-4-5-7-20(17)21;1-3-2;/h4-11,14,16H,13H2,1-3H3;3H,1-2H3;/q2*-1;+2. The molecule has 2 aliphatic rings. The van der Waals surface area contributed by atoms with Gasteiger partial charge in [-0.2, -0.15) is 37.6 Å². The number of hydrogen-bond acceptors (Lipinski definition) is 0. The zero-order chi connectivity index (χ0) is 18.0. The number of rotatable bonds is 1. The second-order valence-electron chi connectivity index (χ2n) is 7.97. The Morgan fingerprint density at radius 1 is 1.00 bits per heavy atom. The van der Waals surface area contributed by atoms with Gasteiger partial charge in [-0.05, 0) is 23.3 Å². The van der Waals surface area contributed by atoms with Crippen molar-refractivity contribution in [3.8, 4) is 11.1 Å². The van der Waals surface area contributed by atoms with E-state index in [4.69, 9.17) is 0 Å². The van der Waals surface area contributed by atoms with E-state index in [2.05, 4.69) is 81.5 Å². The summed E-state index contributed by atoms with van der Waals surface area (Å²) < 4.78 is 0. The Bertz CT molecular complexity index is 818. The van der Waals surface area contributed by atoms with Gasteiger partial charge < -0.3 is 6.42 Å². The smallest absolute Gasteiger partial charge is 0.335 e. The molecule has 26 heavy (non-hydrogen) atoms. The van der Waals surface area contributed by atoms with Crippen molar-refractivity contribution in [2.45, 2.75) is 47.0 Å². The third-order valence-corrected chi connectivity index (χ3v) is 4.79. The molecule has 0 saturated heterocycles. The molecule has 0 aromatic heterocycles. The van der Waals surface area contributed by atoms with Crippen molar-refractivity contribution in [3.63, 3.8) is 0 Å². The molecule has 1 atom stereocenters. The fourth-order valence-electron chi connectivity index (χ4n) is 3.48. The molecule has 0 nitrogen and oxygen atoms in total. The van der Waals surface area contributed by atoms with Crippen LogP contribution in [0.1, 0.15) is 57.2 Å². The van der Waals surface area contributed by atoms with Gasteiger partial charge in [-0.25, -0.2) is 0 Å². The maximum absolute atomic E-state index is 3.69. The van der Waals surface area contributed by atoms with Crippen LogP contribution in [0.3, 0.4) is 0 Å². The molecule has 132 valence electrons. The summed E-state index contributed by atoms with van der Waals surface area (Å²) in [5.74, 6) is 0.378. The van der Waals surface area contributed by atoms with E-state index in [1.165, 1.54) is 33.4 Å². The van der Waals surface area contributed by atoms with Gasteiger partial charge in [-0.1, -0.05) is 74.4 Å². The summed E-state index contributed by atoms with van der Waals surface area (Å²) in [5, 5.41) is 0. The summed E-state index contributed by atoms with van der Waals surface area (Å²) in [5.41, 5.74) is 8.47. The second kappa shape index (κ2) is 8.66. The van der Waals surface area contributed by atoms with Gasteiger partial charge in [0.25, 0.3) is 0 Å². The van der Waals surface area contributed by atoms with Crippen LogP contribution in [-0.2, 0) is 32.6 Å². The molecular weight excluding hydrogens is 391 g/mol. The second-order valence-corrected chi connectivity index (χ2v) is 7.97. The molecule has 0 fully saturated rings. The predicted molar refractivity (Wildman–Crippen MR) is 109 cm³/mol. The molecule has 0 spiro atoms. The molecule has 2 aliphatic carbocycles. The molecule has 0 aliphatic heterocycles. The molecule has 4 rings (SSSR count). The summed E-state index contributed by atoms with van der Waals surface area (Å²) in [6.07, 6.45) is 9.99. The average molecular weight is 420 g/mol. The van der Waals surface area contributed by atoms with E-state index in [0.29, 0.717) is 5.92 Å². The third kappa shape index (κ3) is 4.37. The number of benzene rings is 2. The minimum atomic E-state index is 0. The summed E-state index contributed by atoms with van der Waals surface area (Å²) in [4.78, 5) is 0. The molecule has 0 amide bonds. The Morgan fingerprint density at radius 3 is 2.35 bits per heavy atom. The molecule has 0 N–H and O–H groups in total. The molecule has 1 heteroatoms. The minimum Gasteiger partial charge on any atom is -0.335 e. The summed E-state index contributed by atoms with van der Waals surface area (Å²) in [7, 11) is 0. The number of hydrogen-bond donors (Lipinski definition) is 0. The van der Waals surface area contributed by atoms with Crippen LogP contribution in [-0.4, -0.2) is 0 Å². The third-order valence-electron chi connectivity index (χ3n) is 4.79. The van der Waals surface area contributed by atoms with Crippen LogP contribution in [0.15, 0.2) is 60.2 Å². The SMILES string of the molecule is CC(C)(C)C1=CC(c2[c-]c3c(cc2)-c2ccccc2C3)C=C1.C[CH-]C.[Zr+2]. The molecular formula is C25H28Zr. The first-order chi connectivity index (χ1) is 11.9. The van der Waals surface area contributed by atoms with E-state index >= 15 is 0 Å². The van der Waals surface area contributed by atoms with Gasteiger partial charge in [0, 0.05) is 0 Å². The van der Waals surface area contributed by atoms with Gasteiger partial charge in [0.05, 0.1) is 0 Å². The van der Waals surface area contributed by atoms with Crippen LogP contribution in [0.2, 0.25) is 0 Å². The Labute approximate surface area is 178 Å². The number of allylic oxidation sites excluding steroid dienone is 4. The Morgan fingerprint density at radius 2 is 1.69 bits per heavy atom. The summed E-state index contributed by atoms with van der Waals surface area (Å²) in [6.45, 7) is 10.8. The molecule has 0 saturated carbocycles. The van der Waals surface area contributed by atoms with Gasteiger partial charge >= 0.3 is 26.2 Å². The van der Waals surface area contributed by atoms with Gasteiger partial charge in [0.15, 0.2) is 0 Å². The predicted octanol–water partition coefficient (Wildman–Crippen LogP) is 6.91. The number of fused-ring (bicyclic) bond motifs is 3. The van der Waals surface area contributed by atoms with Crippen molar-refractivity contribution >= 4 is 0 Å². The van der Waals surface area contributed by atoms with Crippen molar-refractivity contribution < 1.29 is 26.2 Å². The fraction of sp³-hybridized carbons (Fsp3) is 0.320. The topological polar surface area (TPSA) is 0 Å². The quantitative estimate of drug-likeness (QED) is 0.376. The van der Waals surface area contributed by atoms with Crippen molar-refractivity contribution in [2.75, 3.05) is 0 Å². The van der Waals surface area contributed by atoms with E-state index in [0.717, 1.165) is 6.42 Å². The summed E-state index contributed by atoms with van der Waals surface area (Å²) in [6, 6.07) is 16.9. The van der Waals surface area contributed by atoms with Gasteiger partial charge in [-0.15, -0.1) is 11.1 Å². The first-order valence-electron chi connectivity index (χ1n) is 9.22. The Hall–Kier alpha value is -1.20. The van der Waals surface area contributed by atoms with Crippen LogP contribution in [0, 0.1) is 17.9 Å². The largest absolute Gasteiger partial charge is 2.00 e. The van der Waals surface area contributed by atoms with Crippen LogP contribution in [0.5, 0.6) is 0 Å². The molecule has 0 radical (unpaired) electrons. The van der Waals surface area contributed by atoms with Crippen molar-refractivity contribution in [3.05, 3.63) is 89.4 Å². The maximum Gasteiger partial charge on any atom is 2.00 e.